The highest BCUT2D eigenvalue weighted by Crippen LogP contribution is 2.35. The molecule has 1 aromatic rings. The van der Waals surface area contributed by atoms with Gasteiger partial charge in [0.2, 0.25) is 6.41 Å². The lowest BCUT2D eigenvalue weighted by Crippen LogP contribution is -2.38. The molecule has 0 aromatic heterocycles. The number of carbonyl (C=O) groups excluding carboxylic acids is 3. The summed E-state index contributed by atoms with van der Waals surface area (Å²) in [7, 11) is 0. The number of hydrogen-bond acceptors (Lipinski definition) is 8. The minimum atomic E-state index is -1.17. The highest BCUT2D eigenvalue weighted by molar-refractivity contribution is 14.1. The molecule has 0 aliphatic carbocycles. The largest absolute Gasteiger partial charge is 0.394 e. The lowest BCUT2D eigenvalue weighted by molar-refractivity contribution is -0.107. The molecule has 0 saturated carbocycles. The van der Waals surface area contributed by atoms with E-state index in [1.165, 1.54) is 11.8 Å². The van der Waals surface area contributed by atoms with Crippen molar-refractivity contribution in [3.05, 3.63) is 25.8 Å². The monoisotopic (exact) mass is 567 g/mol. The number of nitrogens with zero attached hydrogens (tertiary/aromatic N) is 1. The third kappa shape index (κ3) is 7.08. The minimum Gasteiger partial charge on any atom is -0.394 e. The van der Waals surface area contributed by atoms with Gasteiger partial charge in [-0.25, -0.2) is 0 Å². The first-order valence-electron chi connectivity index (χ1n) is 9.86. The lowest BCUT2D eigenvalue weighted by Gasteiger charge is -2.27. The van der Waals surface area contributed by atoms with Crippen LogP contribution in [0.1, 0.15) is 38.8 Å². The second kappa shape index (κ2) is 13.0. The number of halogens is 1. The molecule has 3 unspecified atom stereocenters. The summed E-state index contributed by atoms with van der Waals surface area (Å²) >= 11 is 1.88. The van der Waals surface area contributed by atoms with Crippen molar-refractivity contribution in [3.63, 3.8) is 0 Å². The summed E-state index contributed by atoms with van der Waals surface area (Å²) in [6.07, 6.45) is -2.75. The molecule has 32 heavy (non-hydrogen) atoms. The van der Waals surface area contributed by atoms with Crippen LogP contribution in [0.4, 0.5) is 5.69 Å². The van der Waals surface area contributed by atoms with Gasteiger partial charge in [0.15, 0.2) is 0 Å². The predicted molar refractivity (Wildman–Crippen MR) is 125 cm³/mol. The van der Waals surface area contributed by atoms with E-state index < -0.39 is 43.3 Å². The molecule has 1 rings (SSSR count). The third-order valence-electron chi connectivity index (χ3n) is 4.66. The first-order valence-corrected chi connectivity index (χ1v) is 10.9. The normalized spacial score (nSPS) is 13.8. The summed E-state index contributed by atoms with van der Waals surface area (Å²) in [5.41, 5.74) is 1.11. The average molecular weight is 567 g/mol. The maximum atomic E-state index is 12.9. The number of aliphatic hydroxyl groups excluding tert-OH is 5. The van der Waals surface area contributed by atoms with Crippen molar-refractivity contribution < 1.29 is 39.9 Å². The van der Waals surface area contributed by atoms with Crippen molar-refractivity contribution in [2.75, 3.05) is 37.7 Å². The van der Waals surface area contributed by atoms with Gasteiger partial charge in [-0.2, -0.15) is 0 Å². The van der Waals surface area contributed by atoms with Crippen molar-refractivity contribution in [1.29, 1.82) is 0 Å². The number of anilines is 1. The van der Waals surface area contributed by atoms with Crippen molar-refractivity contribution in [2.24, 2.45) is 0 Å². The number of rotatable bonds is 12. The Morgan fingerprint density at radius 1 is 0.969 bits per heavy atom. The Hall–Kier alpha value is -1.84. The number of benzene rings is 1. The molecule has 180 valence electrons. The molecule has 3 atom stereocenters. The van der Waals surface area contributed by atoms with E-state index in [1.807, 2.05) is 22.6 Å². The third-order valence-corrected chi connectivity index (χ3v) is 5.71. The zero-order valence-electron chi connectivity index (χ0n) is 18.1. The topological polar surface area (TPSA) is 180 Å². The van der Waals surface area contributed by atoms with Gasteiger partial charge in [-0.1, -0.05) is 0 Å². The first-order chi connectivity index (χ1) is 15.0. The van der Waals surface area contributed by atoms with Gasteiger partial charge in [-0.05, 0) is 54.5 Å². The van der Waals surface area contributed by atoms with Crippen LogP contribution < -0.4 is 15.5 Å². The molecule has 0 aliphatic heterocycles. The maximum Gasteiger partial charge on any atom is 0.252 e. The Morgan fingerprint density at radius 2 is 1.44 bits per heavy atom. The molecule has 0 radical (unpaired) electrons. The summed E-state index contributed by atoms with van der Waals surface area (Å²) in [5.74, 6) is -1.26. The van der Waals surface area contributed by atoms with Gasteiger partial charge in [0.1, 0.15) is 0 Å². The van der Waals surface area contributed by atoms with Gasteiger partial charge < -0.3 is 41.1 Å². The SMILES string of the molecule is Cc1c(C(=O)NCC(O)CO)c(C)c(N(C=O)CC(C)O)c(I)c1C(=O)NCC(O)CO. The van der Waals surface area contributed by atoms with E-state index in [2.05, 4.69) is 10.6 Å². The van der Waals surface area contributed by atoms with Crippen molar-refractivity contribution >= 4 is 46.5 Å². The highest BCUT2D eigenvalue weighted by Gasteiger charge is 2.29. The summed E-state index contributed by atoms with van der Waals surface area (Å²) in [6, 6.07) is 0. The molecular weight excluding hydrogens is 537 g/mol. The van der Waals surface area contributed by atoms with Gasteiger partial charge in [0.25, 0.3) is 11.8 Å². The quantitative estimate of drug-likeness (QED) is 0.117. The van der Waals surface area contributed by atoms with E-state index >= 15 is 0 Å². The summed E-state index contributed by atoms with van der Waals surface area (Å²) in [4.78, 5) is 38.8. The van der Waals surface area contributed by atoms with Crippen molar-refractivity contribution in [1.82, 2.24) is 10.6 Å². The smallest absolute Gasteiger partial charge is 0.252 e. The molecule has 0 aliphatic rings. The van der Waals surface area contributed by atoms with Gasteiger partial charge in [0, 0.05) is 18.7 Å². The Balaban J connectivity index is 3.63. The minimum absolute atomic E-state index is 0.0849. The fourth-order valence-corrected chi connectivity index (χ4v) is 4.49. The molecular formula is C20H30IN3O8. The molecule has 0 fully saturated rings. The summed E-state index contributed by atoms with van der Waals surface area (Å²) in [5, 5.41) is 51.8. The fourth-order valence-electron chi connectivity index (χ4n) is 3.12. The highest BCUT2D eigenvalue weighted by atomic mass is 127. The van der Waals surface area contributed by atoms with E-state index in [0.29, 0.717) is 21.1 Å². The number of amides is 3. The van der Waals surface area contributed by atoms with Gasteiger partial charge in [-0.15, -0.1) is 0 Å². The number of aliphatic hydroxyl groups is 5. The molecule has 7 N–H and O–H groups in total. The van der Waals surface area contributed by atoms with Gasteiger partial charge in [-0.3, -0.25) is 14.4 Å². The number of carbonyl (C=O) groups is 3. The first kappa shape index (κ1) is 28.2. The van der Waals surface area contributed by atoms with Crippen LogP contribution in [0, 0.1) is 17.4 Å². The Labute approximate surface area is 199 Å². The zero-order chi connectivity index (χ0) is 24.6. The van der Waals surface area contributed by atoms with E-state index in [0.717, 1.165) is 0 Å². The van der Waals surface area contributed by atoms with Crippen LogP contribution in [0.2, 0.25) is 0 Å². The lowest BCUT2D eigenvalue weighted by atomic mass is 9.93. The number of nitrogens with one attached hydrogen (secondary N) is 2. The van der Waals surface area contributed by atoms with Gasteiger partial charge >= 0.3 is 0 Å². The number of hydrogen-bond donors (Lipinski definition) is 7. The molecule has 0 saturated heterocycles. The molecule has 0 heterocycles. The van der Waals surface area contributed by atoms with Crippen LogP contribution in [0.25, 0.3) is 0 Å². The van der Waals surface area contributed by atoms with Crippen LogP contribution in [0.15, 0.2) is 0 Å². The second-order valence-corrected chi connectivity index (χ2v) is 8.44. The average Bonchev–Trinajstić information content (AvgIpc) is 2.74. The molecule has 3 amide bonds. The Kier molecular flexibility index (Phi) is 11.5. The van der Waals surface area contributed by atoms with Crippen molar-refractivity contribution in [2.45, 2.75) is 39.1 Å². The van der Waals surface area contributed by atoms with E-state index in [-0.39, 0.29) is 36.4 Å². The summed E-state index contributed by atoms with van der Waals surface area (Å²) in [6.45, 7) is 2.98. The second-order valence-electron chi connectivity index (χ2n) is 7.36. The maximum absolute atomic E-state index is 12.9. The molecule has 0 spiro atoms. The molecule has 0 bridgehead atoms. The van der Waals surface area contributed by atoms with E-state index in [9.17, 15) is 29.7 Å². The van der Waals surface area contributed by atoms with Crippen LogP contribution in [0.3, 0.4) is 0 Å². The predicted octanol–water partition coefficient (Wildman–Crippen LogP) is -1.58. The van der Waals surface area contributed by atoms with Crippen LogP contribution in [0.5, 0.6) is 0 Å². The Morgan fingerprint density at radius 3 is 1.84 bits per heavy atom. The summed E-state index contributed by atoms with van der Waals surface area (Å²) < 4.78 is 0.355. The molecule has 11 nitrogen and oxygen atoms in total. The van der Waals surface area contributed by atoms with Crippen LogP contribution in [-0.4, -0.2) is 94.9 Å². The molecule has 12 heteroatoms. The fraction of sp³-hybridized carbons (Fsp3) is 0.550. The zero-order valence-corrected chi connectivity index (χ0v) is 20.3. The van der Waals surface area contributed by atoms with Crippen LogP contribution >= 0.6 is 22.6 Å². The van der Waals surface area contributed by atoms with Crippen molar-refractivity contribution in [3.8, 4) is 0 Å². The molecule has 1 aromatic carbocycles. The van der Waals surface area contributed by atoms with E-state index in [1.54, 1.807) is 13.8 Å². The van der Waals surface area contributed by atoms with E-state index in [4.69, 9.17) is 10.2 Å². The Bertz CT molecular complexity index is 781. The standard InChI is InChI=1S/C20H30IN3O8/c1-10(28)6-24(9-27)18-12(3)15(19(31)22-4-13(29)7-25)11(2)16(17(18)21)20(32)23-5-14(30)8-26/h9-10,13-14,25-26,28-30H,4-8H2,1-3H3,(H,22,31)(H,23,32). The van der Waals surface area contributed by atoms with Crippen LogP contribution in [-0.2, 0) is 4.79 Å². The van der Waals surface area contributed by atoms with Gasteiger partial charge in [0.05, 0.1) is 52.9 Å².